The van der Waals surface area contributed by atoms with Gasteiger partial charge < -0.3 is 5.11 Å². The first-order chi connectivity index (χ1) is 7.78. The number of fused-ring (bicyclic) bond motifs is 1. The van der Waals surface area contributed by atoms with Crippen molar-refractivity contribution in [3.63, 3.8) is 0 Å². The molecule has 2 aromatic heterocycles. The zero-order chi connectivity index (χ0) is 11.1. The van der Waals surface area contributed by atoms with Crippen molar-refractivity contribution in [3.8, 4) is 0 Å². The van der Waals surface area contributed by atoms with Gasteiger partial charge in [0.1, 0.15) is 0 Å². The van der Waals surface area contributed by atoms with E-state index in [0.717, 1.165) is 23.9 Å². The molecular formula is C10H11ClN4O. The van der Waals surface area contributed by atoms with E-state index >= 15 is 0 Å². The summed E-state index contributed by atoms with van der Waals surface area (Å²) in [6.45, 7) is 0.255. The minimum Gasteiger partial charge on any atom is -0.396 e. The van der Waals surface area contributed by atoms with Gasteiger partial charge in [0, 0.05) is 12.8 Å². The van der Waals surface area contributed by atoms with Gasteiger partial charge in [-0.1, -0.05) is 0 Å². The van der Waals surface area contributed by atoms with E-state index in [1.807, 2.05) is 4.68 Å². The first kappa shape index (κ1) is 9.99. The molecule has 2 heterocycles. The molecule has 0 amide bonds. The Morgan fingerprint density at radius 2 is 2.25 bits per heavy atom. The van der Waals surface area contributed by atoms with Crippen molar-refractivity contribution in [3.05, 3.63) is 17.7 Å². The van der Waals surface area contributed by atoms with Crippen molar-refractivity contribution in [1.29, 1.82) is 0 Å². The minimum atomic E-state index is 0.243. The molecule has 84 valence electrons. The molecule has 2 aromatic rings. The fourth-order valence-electron chi connectivity index (χ4n) is 2.13. The van der Waals surface area contributed by atoms with Crippen molar-refractivity contribution in [2.45, 2.75) is 18.9 Å². The summed E-state index contributed by atoms with van der Waals surface area (Å²) in [6.07, 6.45) is 5.33. The summed E-state index contributed by atoms with van der Waals surface area (Å²) in [4.78, 5) is 8.10. The molecule has 16 heavy (non-hydrogen) atoms. The predicted octanol–water partition coefficient (Wildman–Crippen LogP) is 1.42. The van der Waals surface area contributed by atoms with Crippen LogP contribution in [0.4, 0.5) is 0 Å². The molecule has 0 unspecified atom stereocenters. The van der Waals surface area contributed by atoms with Gasteiger partial charge in [0.15, 0.2) is 5.65 Å². The molecule has 0 bridgehead atoms. The third-order valence-corrected chi connectivity index (χ3v) is 3.30. The fourth-order valence-corrected chi connectivity index (χ4v) is 2.26. The third-order valence-electron chi connectivity index (χ3n) is 3.12. The summed E-state index contributed by atoms with van der Waals surface area (Å²) in [6, 6.07) is 0.334. The van der Waals surface area contributed by atoms with Crippen LogP contribution in [0.3, 0.4) is 0 Å². The van der Waals surface area contributed by atoms with E-state index in [1.54, 1.807) is 12.4 Å². The Morgan fingerprint density at radius 3 is 3.00 bits per heavy atom. The van der Waals surface area contributed by atoms with Gasteiger partial charge in [0.05, 0.1) is 17.6 Å². The van der Waals surface area contributed by atoms with E-state index in [0.29, 0.717) is 12.0 Å². The van der Waals surface area contributed by atoms with E-state index in [-0.39, 0.29) is 11.9 Å². The van der Waals surface area contributed by atoms with E-state index in [9.17, 15) is 0 Å². The summed E-state index contributed by atoms with van der Waals surface area (Å²) in [5.74, 6) is 0.404. The summed E-state index contributed by atoms with van der Waals surface area (Å²) in [5.41, 5.74) is 0.779. The lowest BCUT2D eigenvalue weighted by Gasteiger charge is -2.34. The zero-order valence-corrected chi connectivity index (χ0v) is 9.30. The molecule has 1 saturated carbocycles. The van der Waals surface area contributed by atoms with Crippen molar-refractivity contribution >= 4 is 22.6 Å². The van der Waals surface area contributed by atoms with Crippen LogP contribution in [-0.2, 0) is 0 Å². The lowest BCUT2D eigenvalue weighted by Crippen LogP contribution is -2.29. The number of hydrogen-bond donors (Lipinski definition) is 1. The van der Waals surface area contributed by atoms with Gasteiger partial charge in [-0.15, -0.1) is 0 Å². The first-order valence-electron chi connectivity index (χ1n) is 5.24. The number of aliphatic hydroxyl groups is 1. The maximum Gasteiger partial charge on any atom is 0.224 e. The second kappa shape index (κ2) is 3.68. The Balaban J connectivity index is 1.96. The van der Waals surface area contributed by atoms with Crippen molar-refractivity contribution in [2.24, 2.45) is 5.92 Å². The van der Waals surface area contributed by atoms with Crippen LogP contribution in [0.25, 0.3) is 11.0 Å². The molecule has 1 N–H and O–H groups in total. The topological polar surface area (TPSA) is 63.8 Å². The average molecular weight is 239 g/mol. The Hall–Kier alpha value is -1.20. The molecule has 1 aliphatic carbocycles. The standard InChI is InChI=1S/C10H11ClN4O/c11-10-12-3-7-4-13-15(9(7)14-10)8-1-6(2-8)5-16/h3-4,6,8,16H,1-2,5H2/t6-,8-. The second-order valence-electron chi connectivity index (χ2n) is 4.18. The quantitative estimate of drug-likeness (QED) is 0.804. The summed E-state index contributed by atoms with van der Waals surface area (Å²) >= 11 is 5.77. The van der Waals surface area contributed by atoms with E-state index < -0.39 is 0 Å². The highest BCUT2D eigenvalue weighted by Gasteiger charge is 2.31. The van der Waals surface area contributed by atoms with Gasteiger partial charge in [-0.05, 0) is 30.4 Å². The Labute approximate surface area is 97.1 Å². The van der Waals surface area contributed by atoms with Gasteiger partial charge in [0.2, 0.25) is 5.28 Å². The first-order valence-corrected chi connectivity index (χ1v) is 5.62. The van der Waals surface area contributed by atoms with Gasteiger partial charge >= 0.3 is 0 Å². The number of rotatable bonds is 2. The van der Waals surface area contributed by atoms with Crippen LogP contribution < -0.4 is 0 Å². The number of aromatic nitrogens is 4. The highest BCUT2D eigenvalue weighted by molar-refractivity contribution is 6.28. The highest BCUT2D eigenvalue weighted by Crippen LogP contribution is 2.38. The predicted molar refractivity (Wildman–Crippen MR) is 59.2 cm³/mol. The van der Waals surface area contributed by atoms with Crippen molar-refractivity contribution in [2.75, 3.05) is 6.61 Å². The van der Waals surface area contributed by atoms with Crippen LogP contribution in [0.2, 0.25) is 5.28 Å². The molecule has 6 heteroatoms. The third kappa shape index (κ3) is 1.47. The molecule has 0 aromatic carbocycles. The smallest absolute Gasteiger partial charge is 0.224 e. The summed E-state index contributed by atoms with van der Waals surface area (Å²) in [5, 5.41) is 14.4. The van der Waals surface area contributed by atoms with Crippen LogP contribution in [0, 0.1) is 5.92 Å². The van der Waals surface area contributed by atoms with E-state index in [4.69, 9.17) is 16.7 Å². The van der Waals surface area contributed by atoms with Gasteiger partial charge in [-0.2, -0.15) is 10.1 Å². The van der Waals surface area contributed by atoms with E-state index in [2.05, 4.69) is 15.1 Å². The molecule has 5 nitrogen and oxygen atoms in total. The lowest BCUT2D eigenvalue weighted by molar-refractivity contribution is 0.107. The molecule has 3 rings (SSSR count). The molecule has 0 atom stereocenters. The number of aliphatic hydroxyl groups excluding tert-OH is 1. The second-order valence-corrected chi connectivity index (χ2v) is 4.52. The largest absolute Gasteiger partial charge is 0.396 e. The van der Waals surface area contributed by atoms with Crippen molar-refractivity contribution in [1.82, 2.24) is 19.7 Å². The maximum absolute atomic E-state index is 8.98. The SMILES string of the molecule is OC[C@H]1C[C@H](n2ncc3cnc(Cl)nc32)C1. The molecular weight excluding hydrogens is 228 g/mol. The van der Waals surface area contributed by atoms with Gasteiger partial charge in [-0.25, -0.2) is 9.67 Å². The molecule has 0 spiro atoms. The Kier molecular flexibility index (Phi) is 2.29. The van der Waals surface area contributed by atoms with Crippen molar-refractivity contribution < 1.29 is 5.11 Å². The number of halogens is 1. The lowest BCUT2D eigenvalue weighted by atomic mass is 9.81. The normalized spacial score (nSPS) is 24.6. The average Bonchev–Trinajstić information content (AvgIpc) is 2.60. The van der Waals surface area contributed by atoms with Crippen LogP contribution in [0.1, 0.15) is 18.9 Å². The summed E-state index contributed by atoms with van der Waals surface area (Å²) in [7, 11) is 0. The Morgan fingerprint density at radius 1 is 1.44 bits per heavy atom. The molecule has 0 radical (unpaired) electrons. The molecule has 0 aliphatic heterocycles. The van der Waals surface area contributed by atoms with Gasteiger partial charge in [-0.3, -0.25) is 0 Å². The maximum atomic E-state index is 8.98. The molecule has 1 fully saturated rings. The number of hydrogen-bond acceptors (Lipinski definition) is 4. The minimum absolute atomic E-state index is 0.243. The summed E-state index contributed by atoms with van der Waals surface area (Å²) < 4.78 is 1.88. The van der Waals surface area contributed by atoms with E-state index in [1.165, 1.54) is 0 Å². The molecule has 0 saturated heterocycles. The fraction of sp³-hybridized carbons (Fsp3) is 0.500. The van der Waals surface area contributed by atoms with Crippen LogP contribution in [0.15, 0.2) is 12.4 Å². The zero-order valence-electron chi connectivity index (χ0n) is 8.54. The van der Waals surface area contributed by atoms with Crippen LogP contribution >= 0.6 is 11.6 Å². The van der Waals surface area contributed by atoms with Crippen LogP contribution in [0.5, 0.6) is 0 Å². The number of nitrogens with zero attached hydrogens (tertiary/aromatic N) is 4. The van der Waals surface area contributed by atoms with Crippen LogP contribution in [-0.4, -0.2) is 31.5 Å². The Bertz CT molecular complexity index is 521. The van der Waals surface area contributed by atoms with Gasteiger partial charge in [0.25, 0.3) is 0 Å². The molecule has 1 aliphatic rings. The highest BCUT2D eigenvalue weighted by atomic mass is 35.5. The monoisotopic (exact) mass is 238 g/mol.